The molecule has 0 aromatic heterocycles. The van der Waals surface area contributed by atoms with Gasteiger partial charge in [0.25, 0.3) is 0 Å². The van der Waals surface area contributed by atoms with Gasteiger partial charge in [-0.15, -0.1) is 6.42 Å². The number of nitrogens with zero attached hydrogens (tertiary/aromatic N) is 1. The van der Waals surface area contributed by atoms with Crippen molar-refractivity contribution < 1.29 is 24.2 Å². The number of halogens is 1. The van der Waals surface area contributed by atoms with Crippen LogP contribution in [0.1, 0.15) is 25.8 Å². The van der Waals surface area contributed by atoms with Crippen molar-refractivity contribution in [3.8, 4) is 18.1 Å². The molecule has 1 aliphatic rings. The fraction of sp³-hybridized carbons (Fsp3) is 0.250. The Morgan fingerprint density at radius 1 is 1.39 bits per heavy atom. The molecule has 146 valence electrons. The molecule has 1 heterocycles. The van der Waals surface area contributed by atoms with Crippen LogP contribution in [0.25, 0.3) is 6.08 Å². The molecular formula is C20H18ClNO5S. The number of amides is 1. The van der Waals surface area contributed by atoms with Gasteiger partial charge in [-0.05, 0) is 30.7 Å². The molecule has 0 atom stereocenters. The van der Waals surface area contributed by atoms with E-state index in [1.807, 2.05) is 0 Å². The van der Waals surface area contributed by atoms with E-state index >= 15 is 0 Å². The number of hydrogen-bond acceptors (Lipinski definition) is 6. The Bertz CT molecular complexity index is 927. The number of carbonyl (C=O) groups excluding carboxylic acids is 2. The van der Waals surface area contributed by atoms with Gasteiger partial charge in [0.05, 0.1) is 16.5 Å². The minimum atomic E-state index is -0.741. The largest absolute Gasteiger partial charge is 0.506 e. The molecule has 6 nitrogen and oxygen atoms in total. The van der Waals surface area contributed by atoms with Crippen molar-refractivity contribution in [1.29, 1.82) is 0 Å². The van der Waals surface area contributed by atoms with Crippen LogP contribution in [0.2, 0.25) is 5.02 Å². The molecule has 0 unspecified atom stereocenters. The SMILES string of the molecule is C#CCOc1ccc(/C=C2\SC(=NC(=O)CC)C(C(=O)OCC)=C2O)cc1Cl. The molecule has 1 aromatic carbocycles. The number of esters is 1. The number of ether oxygens (including phenoxy) is 2. The van der Waals surface area contributed by atoms with E-state index in [0.717, 1.165) is 11.8 Å². The molecule has 0 bridgehead atoms. The summed E-state index contributed by atoms with van der Waals surface area (Å²) in [6, 6.07) is 4.99. The zero-order valence-electron chi connectivity index (χ0n) is 15.3. The van der Waals surface area contributed by atoms with Gasteiger partial charge >= 0.3 is 5.97 Å². The summed E-state index contributed by atoms with van der Waals surface area (Å²) in [6.07, 6.45) is 6.96. The highest BCUT2D eigenvalue weighted by Gasteiger charge is 2.33. The quantitative estimate of drug-likeness (QED) is 0.550. The second-order valence-corrected chi connectivity index (χ2v) is 6.84. The average Bonchev–Trinajstić information content (AvgIpc) is 2.96. The molecule has 2 rings (SSSR count). The van der Waals surface area contributed by atoms with E-state index in [1.54, 1.807) is 38.1 Å². The number of benzene rings is 1. The Morgan fingerprint density at radius 3 is 2.75 bits per heavy atom. The first-order valence-electron chi connectivity index (χ1n) is 8.39. The smallest absolute Gasteiger partial charge is 0.344 e. The van der Waals surface area contributed by atoms with E-state index in [2.05, 4.69) is 10.9 Å². The molecule has 28 heavy (non-hydrogen) atoms. The van der Waals surface area contributed by atoms with Crippen molar-refractivity contribution in [2.75, 3.05) is 13.2 Å². The van der Waals surface area contributed by atoms with Crippen LogP contribution >= 0.6 is 23.4 Å². The summed E-state index contributed by atoms with van der Waals surface area (Å²) < 4.78 is 10.3. The Morgan fingerprint density at radius 2 is 2.14 bits per heavy atom. The maximum absolute atomic E-state index is 12.2. The highest BCUT2D eigenvalue weighted by molar-refractivity contribution is 8.18. The van der Waals surface area contributed by atoms with E-state index < -0.39 is 11.9 Å². The first-order valence-corrected chi connectivity index (χ1v) is 9.58. The third kappa shape index (κ3) is 5.18. The Kier molecular flexibility index (Phi) is 7.73. The number of terminal acetylenes is 1. The van der Waals surface area contributed by atoms with Gasteiger partial charge in [0.15, 0.2) is 0 Å². The van der Waals surface area contributed by atoms with E-state index in [1.165, 1.54) is 0 Å². The van der Waals surface area contributed by atoms with Crippen molar-refractivity contribution in [3.05, 3.63) is 45.0 Å². The van der Waals surface area contributed by atoms with Gasteiger partial charge in [0.2, 0.25) is 5.91 Å². The first-order chi connectivity index (χ1) is 13.4. The van der Waals surface area contributed by atoms with Crippen LogP contribution in [0.5, 0.6) is 5.75 Å². The molecule has 0 saturated heterocycles. The van der Waals surface area contributed by atoms with E-state index in [-0.39, 0.29) is 36.0 Å². The first kappa shape index (κ1) is 21.6. The minimum Gasteiger partial charge on any atom is -0.506 e. The van der Waals surface area contributed by atoms with E-state index in [4.69, 9.17) is 27.5 Å². The predicted octanol–water partition coefficient (Wildman–Crippen LogP) is 4.15. The summed E-state index contributed by atoms with van der Waals surface area (Å²) in [5.41, 5.74) is 0.526. The fourth-order valence-electron chi connectivity index (χ4n) is 2.18. The van der Waals surface area contributed by atoms with Crippen LogP contribution < -0.4 is 4.74 Å². The lowest BCUT2D eigenvalue weighted by Crippen LogP contribution is -2.14. The summed E-state index contributed by atoms with van der Waals surface area (Å²) >= 11 is 7.19. The number of thioether (sulfide) groups is 1. The maximum Gasteiger partial charge on any atom is 0.344 e. The van der Waals surface area contributed by atoms with Gasteiger partial charge in [-0.3, -0.25) is 4.79 Å². The van der Waals surface area contributed by atoms with Crippen molar-refractivity contribution >= 4 is 46.4 Å². The number of carbonyl (C=O) groups is 2. The zero-order chi connectivity index (χ0) is 20.7. The number of hydrogen-bond donors (Lipinski definition) is 1. The summed E-state index contributed by atoms with van der Waals surface area (Å²) in [7, 11) is 0. The van der Waals surface area contributed by atoms with Gasteiger partial charge in [-0.1, -0.05) is 42.3 Å². The minimum absolute atomic E-state index is 0.0910. The standard InChI is InChI=1S/C20H18ClNO5S/c1-4-9-27-14-8-7-12(10-13(14)21)11-15-18(24)17(20(25)26-6-3)19(28-15)22-16(23)5-2/h1,7-8,10-11,24H,5-6,9H2,2-3H3/b15-11-,22-19?. The summed E-state index contributed by atoms with van der Waals surface area (Å²) in [5.74, 6) is 1.34. The van der Waals surface area contributed by atoms with Crippen molar-refractivity contribution in [1.82, 2.24) is 0 Å². The molecule has 0 fully saturated rings. The summed E-state index contributed by atoms with van der Waals surface area (Å²) in [5, 5.41) is 11.0. The van der Waals surface area contributed by atoms with E-state index in [9.17, 15) is 14.7 Å². The lowest BCUT2D eigenvalue weighted by molar-refractivity contribution is -0.138. The number of aliphatic hydroxyl groups excluding tert-OH is 1. The van der Waals surface area contributed by atoms with Crippen LogP contribution in [-0.4, -0.2) is 35.2 Å². The van der Waals surface area contributed by atoms with Gasteiger partial charge in [0, 0.05) is 6.42 Å². The number of aliphatic imine (C=N–C) groups is 1. The van der Waals surface area contributed by atoms with Gasteiger partial charge in [-0.2, -0.15) is 0 Å². The van der Waals surface area contributed by atoms with Crippen LogP contribution in [0, 0.1) is 12.3 Å². The Balaban J connectivity index is 2.41. The highest BCUT2D eigenvalue weighted by atomic mass is 35.5. The average molecular weight is 420 g/mol. The molecule has 1 amide bonds. The summed E-state index contributed by atoms with van der Waals surface area (Å²) in [6.45, 7) is 3.52. The Hall–Kier alpha value is -2.69. The van der Waals surface area contributed by atoms with E-state index in [0.29, 0.717) is 21.2 Å². The molecule has 0 radical (unpaired) electrons. The molecule has 0 spiro atoms. The molecule has 1 aromatic rings. The fourth-order valence-corrected chi connectivity index (χ4v) is 3.45. The molecule has 1 N–H and O–H groups in total. The van der Waals surface area contributed by atoms with Crippen LogP contribution in [0.3, 0.4) is 0 Å². The van der Waals surface area contributed by atoms with Crippen LogP contribution in [0.15, 0.2) is 39.4 Å². The van der Waals surface area contributed by atoms with Crippen LogP contribution in [0.4, 0.5) is 0 Å². The van der Waals surface area contributed by atoms with Gasteiger partial charge in [0.1, 0.15) is 28.7 Å². The second kappa shape index (κ2) is 10.0. The third-order valence-corrected chi connectivity index (χ3v) is 4.78. The molecule has 8 heteroatoms. The van der Waals surface area contributed by atoms with Gasteiger partial charge < -0.3 is 14.6 Å². The molecule has 0 saturated carbocycles. The normalized spacial score (nSPS) is 16.4. The second-order valence-electron chi connectivity index (χ2n) is 5.40. The third-order valence-electron chi connectivity index (χ3n) is 3.46. The van der Waals surface area contributed by atoms with Gasteiger partial charge in [-0.25, -0.2) is 9.79 Å². The monoisotopic (exact) mass is 419 g/mol. The summed E-state index contributed by atoms with van der Waals surface area (Å²) in [4.78, 5) is 28.2. The van der Waals surface area contributed by atoms with Crippen LogP contribution in [-0.2, 0) is 14.3 Å². The van der Waals surface area contributed by atoms with Crippen molar-refractivity contribution in [2.45, 2.75) is 20.3 Å². The number of aliphatic hydroxyl groups is 1. The number of rotatable bonds is 6. The zero-order valence-corrected chi connectivity index (χ0v) is 16.9. The van der Waals surface area contributed by atoms with Crippen molar-refractivity contribution in [2.24, 2.45) is 4.99 Å². The van der Waals surface area contributed by atoms with Crippen molar-refractivity contribution in [3.63, 3.8) is 0 Å². The molecule has 1 aliphatic heterocycles. The molecular weight excluding hydrogens is 402 g/mol. The predicted molar refractivity (Wildman–Crippen MR) is 110 cm³/mol. The lowest BCUT2D eigenvalue weighted by atomic mass is 10.1. The highest BCUT2D eigenvalue weighted by Crippen LogP contribution is 2.39. The molecule has 0 aliphatic carbocycles. The lowest BCUT2D eigenvalue weighted by Gasteiger charge is -2.06. The maximum atomic E-state index is 12.2. The Labute approximate surface area is 172 Å². The topological polar surface area (TPSA) is 85.2 Å².